The van der Waals surface area contributed by atoms with E-state index in [1.165, 1.54) is 32.7 Å². The summed E-state index contributed by atoms with van der Waals surface area (Å²) in [5, 5.41) is 9.24. The molecule has 0 unspecified atom stereocenters. The Labute approximate surface area is 480 Å². The van der Waals surface area contributed by atoms with Crippen molar-refractivity contribution in [2.75, 3.05) is 9.80 Å². The summed E-state index contributed by atoms with van der Waals surface area (Å²) in [4.78, 5) is 4.81. The Kier molecular flexibility index (Phi) is 10.4. The molecule has 15 aromatic rings. The lowest BCUT2D eigenvalue weighted by molar-refractivity contribution is 0.465. The number of fused-ring (bicyclic) bond motifs is 14. The summed E-state index contributed by atoms with van der Waals surface area (Å²) in [6, 6.07) is 99.2. The van der Waals surface area contributed by atoms with E-state index < -0.39 is 0 Å². The van der Waals surface area contributed by atoms with Crippen LogP contribution in [-0.2, 0) is 0 Å². The Morgan fingerprint density at radius 1 is 0.301 bits per heavy atom. The van der Waals surface area contributed by atoms with Crippen molar-refractivity contribution in [2.45, 2.75) is 13.8 Å². The van der Waals surface area contributed by atoms with Crippen LogP contribution in [0.5, 0.6) is 23.0 Å². The molecule has 0 radical (unpaired) electrons. The first-order valence-electron chi connectivity index (χ1n) is 28.5. The normalized spacial score (nSPS) is 12.4. The second-order valence-electron chi connectivity index (χ2n) is 22.1. The quantitative estimate of drug-likeness (QED) is 0.142. The molecule has 17 rings (SSSR count). The van der Waals surface area contributed by atoms with Crippen molar-refractivity contribution in [3.63, 3.8) is 0 Å². The second-order valence-corrected chi connectivity index (χ2v) is 22.1. The van der Waals surface area contributed by atoms with Gasteiger partial charge in [0.25, 0.3) is 6.71 Å². The van der Waals surface area contributed by atoms with E-state index >= 15 is 0 Å². The Balaban J connectivity index is 0.942. The number of aromatic nitrogens is 2. The first-order chi connectivity index (χ1) is 41.0. The lowest BCUT2D eigenvalue weighted by Crippen LogP contribution is -2.57. The Bertz CT molecular complexity index is 4780. The summed E-state index contributed by atoms with van der Waals surface area (Å²) in [5.41, 5.74) is 18.8. The number of nitrogens with zero attached hydrogens (tertiary/aromatic N) is 4. The molecule has 83 heavy (non-hydrogen) atoms. The van der Waals surface area contributed by atoms with Gasteiger partial charge < -0.3 is 28.4 Å². The van der Waals surface area contributed by atoms with Crippen molar-refractivity contribution in [2.24, 2.45) is 0 Å². The molecular weight excluding hydrogens is 1010 g/mol. The minimum Gasteiger partial charge on any atom is -0.458 e. The number of hydrogen-bond acceptors (Lipinski definition) is 4. The van der Waals surface area contributed by atoms with E-state index in [0.29, 0.717) is 0 Å². The van der Waals surface area contributed by atoms with Gasteiger partial charge >= 0.3 is 0 Å². The number of rotatable bonds is 8. The largest absolute Gasteiger partial charge is 0.458 e. The summed E-state index contributed by atoms with van der Waals surface area (Å²) in [6.45, 7) is 4.07. The van der Waals surface area contributed by atoms with E-state index in [9.17, 15) is 0 Å². The maximum absolute atomic E-state index is 7.19. The van der Waals surface area contributed by atoms with Crippen LogP contribution < -0.4 is 35.7 Å². The molecule has 0 atom stereocenters. The number of aryl methyl sites for hydroxylation is 2. The molecule has 2 aliphatic heterocycles. The summed E-state index contributed by atoms with van der Waals surface area (Å²) in [7, 11) is 0. The van der Waals surface area contributed by atoms with Gasteiger partial charge in [0.15, 0.2) is 0 Å². The summed E-state index contributed by atoms with van der Waals surface area (Å²) in [5.74, 6) is 3.28. The van der Waals surface area contributed by atoms with Gasteiger partial charge in [-0.2, -0.15) is 0 Å². The zero-order valence-corrected chi connectivity index (χ0v) is 45.7. The average molecular weight is 1060 g/mol. The van der Waals surface area contributed by atoms with Crippen molar-refractivity contribution in [3.8, 4) is 34.4 Å². The summed E-state index contributed by atoms with van der Waals surface area (Å²) in [6.07, 6.45) is 0. The molecule has 0 aliphatic carbocycles. The third-order valence-corrected chi connectivity index (χ3v) is 17.3. The first-order valence-corrected chi connectivity index (χ1v) is 28.5. The van der Waals surface area contributed by atoms with Gasteiger partial charge in [-0.25, -0.2) is 0 Å². The van der Waals surface area contributed by atoms with Crippen LogP contribution in [0.15, 0.2) is 273 Å². The third-order valence-electron chi connectivity index (χ3n) is 17.3. The van der Waals surface area contributed by atoms with Crippen LogP contribution in [0, 0.1) is 13.8 Å². The van der Waals surface area contributed by atoms with Gasteiger partial charge in [0.1, 0.15) is 23.0 Å². The van der Waals surface area contributed by atoms with Crippen LogP contribution in [0.1, 0.15) is 11.1 Å². The van der Waals surface area contributed by atoms with E-state index in [1.54, 1.807) is 0 Å². The second kappa shape index (κ2) is 18.4. The fraction of sp³-hybridized carbons (Fsp3) is 0.0263. The maximum Gasteiger partial charge on any atom is 0.260 e. The number of hydrogen-bond donors (Lipinski definition) is 0. The summed E-state index contributed by atoms with van der Waals surface area (Å²) < 4.78 is 19.3. The maximum atomic E-state index is 7.19. The van der Waals surface area contributed by atoms with Crippen LogP contribution in [0.2, 0.25) is 0 Å². The highest BCUT2D eigenvalue weighted by Crippen LogP contribution is 2.49. The van der Waals surface area contributed by atoms with Crippen LogP contribution in [0.4, 0.5) is 34.1 Å². The van der Waals surface area contributed by atoms with Gasteiger partial charge in [-0.3, -0.25) is 0 Å². The van der Waals surface area contributed by atoms with Crippen LogP contribution in [0.3, 0.4) is 0 Å². The molecule has 0 saturated heterocycles. The van der Waals surface area contributed by atoms with Crippen molar-refractivity contribution in [3.05, 3.63) is 284 Å². The standard InChI is InChI=1S/C76H51BN4O2/c1-48-34-38-54(39-35-48)78(50-20-7-3-8-21-50)66-46-68-74(58-30-17-15-28-56(58)66)60-42-72-62(44-64(60)80(68)52-24-11-5-12-25-52)77-63-45-65-61(43-73(63)83-71-33-19-32-70(82-72)76(71)77)75-59-31-18-16-29-57(59)67(47-69(75)81(65)53-26-13-6-14-27-53)79(51-22-9-4-10-23-51)55-40-36-49(2)37-41-55/h3-47H,1-2H3. The van der Waals surface area contributed by atoms with Gasteiger partial charge in [0, 0.05) is 71.9 Å². The SMILES string of the molecule is Cc1ccc(N(c2ccccc2)c2cc3c(c4ccccc24)c2cc4c(cc2n3-c2ccccc2)B2c3cc5c(cc3Oc3cccc(c32)O4)c2c3ccccc3c(N(c3ccccc3)c3ccc(C)cc3)cc2n5-c2ccccc2)cc1. The molecule has 0 spiro atoms. The highest BCUT2D eigenvalue weighted by molar-refractivity contribution is 6.98. The lowest BCUT2D eigenvalue weighted by Gasteiger charge is -2.33. The lowest BCUT2D eigenvalue weighted by atomic mass is 9.35. The topological polar surface area (TPSA) is 34.8 Å². The van der Waals surface area contributed by atoms with Gasteiger partial charge in [-0.1, -0.05) is 163 Å². The Hall–Kier alpha value is -10.8. The highest BCUT2D eigenvalue weighted by atomic mass is 16.5. The molecular formula is C76H51BN4O2. The molecule has 0 amide bonds. The van der Waals surface area contributed by atoms with Crippen molar-refractivity contribution in [1.29, 1.82) is 0 Å². The number of benzene rings is 13. The van der Waals surface area contributed by atoms with Crippen LogP contribution >= 0.6 is 0 Å². The molecule has 13 aromatic carbocycles. The van der Waals surface area contributed by atoms with E-state index in [4.69, 9.17) is 9.47 Å². The molecule has 0 bridgehead atoms. The number of ether oxygens (including phenoxy) is 2. The highest BCUT2D eigenvalue weighted by Gasteiger charge is 2.42. The predicted octanol–water partition coefficient (Wildman–Crippen LogP) is 18.5. The minimum absolute atomic E-state index is 0.225. The molecule has 7 heteroatoms. The van der Waals surface area contributed by atoms with Crippen molar-refractivity contribution in [1.82, 2.24) is 9.13 Å². The smallest absolute Gasteiger partial charge is 0.260 e. The fourth-order valence-electron chi connectivity index (χ4n) is 13.6. The first kappa shape index (κ1) is 47.1. The van der Waals surface area contributed by atoms with Gasteiger partial charge in [0.2, 0.25) is 0 Å². The zero-order valence-electron chi connectivity index (χ0n) is 45.7. The molecule has 0 saturated carbocycles. The number of para-hydroxylation sites is 4. The van der Waals surface area contributed by atoms with E-state index in [0.717, 1.165) is 128 Å². The zero-order chi connectivity index (χ0) is 54.9. The predicted molar refractivity (Wildman–Crippen MR) is 347 cm³/mol. The molecule has 0 fully saturated rings. The monoisotopic (exact) mass is 1060 g/mol. The third kappa shape index (κ3) is 7.24. The van der Waals surface area contributed by atoms with Crippen LogP contribution in [0.25, 0.3) is 76.5 Å². The average Bonchev–Trinajstić information content (AvgIpc) is 2.35. The van der Waals surface area contributed by atoms with Gasteiger partial charge in [-0.05, 0) is 157 Å². The van der Waals surface area contributed by atoms with E-state index in [1.807, 2.05) is 0 Å². The molecule has 6 nitrogen and oxygen atoms in total. The van der Waals surface area contributed by atoms with Gasteiger partial charge in [0.05, 0.1) is 33.4 Å². The van der Waals surface area contributed by atoms with E-state index in [-0.39, 0.29) is 6.71 Å². The minimum atomic E-state index is -0.225. The van der Waals surface area contributed by atoms with Crippen LogP contribution in [-0.4, -0.2) is 15.8 Å². The van der Waals surface area contributed by atoms with Gasteiger partial charge in [-0.15, -0.1) is 0 Å². The molecule has 2 aromatic heterocycles. The molecule has 0 N–H and O–H groups in total. The number of anilines is 6. The fourth-order valence-corrected chi connectivity index (χ4v) is 13.6. The Morgan fingerprint density at radius 2 is 0.663 bits per heavy atom. The molecule has 2 aliphatic rings. The van der Waals surface area contributed by atoms with Crippen molar-refractivity contribution >= 4 is 122 Å². The van der Waals surface area contributed by atoms with E-state index in [2.05, 4.69) is 306 Å². The Morgan fingerprint density at radius 3 is 1.07 bits per heavy atom. The molecule has 390 valence electrons. The summed E-state index contributed by atoms with van der Waals surface area (Å²) >= 11 is 0. The van der Waals surface area contributed by atoms with Crippen molar-refractivity contribution < 1.29 is 9.47 Å². The molecule has 4 heterocycles.